The van der Waals surface area contributed by atoms with Crippen molar-refractivity contribution >= 4 is 23.2 Å². The fourth-order valence-electron chi connectivity index (χ4n) is 2.21. The molecule has 2 aromatic heterocycles. The molecule has 0 fully saturated rings. The smallest absolute Gasteiger partial charge is 0.249 e. The number of benzene rings is 2. The van der Waals surface area contributed by atoms with Crippen molar-refractivity contribution in [1.29, 1.82) is 0 Å². The van der Waals surface area contributed by atoms with Gasteiger partial charge in [0.05, 0.1) is 10.6 Å². The molecule has 0 radical (unpaired) electrons. The van der Waals surface area contributed by atoms with Gasteiger partial charge >= 0.3 is 0 Å². The molecule has 0 aliphatic heterocycles. The zero-order chi connectivity index (χ0) is 17.2. The molecule has 0 N–H and O–H groups in total. The highest BCUT2D eigenvalue weighted by Crippen LogP contribution is 2.26. The van der Waals surface area contributed by atoms with Gasteiger partial charge in [0.2, 0.25) is 17.6 Å². The van der Waals surface area contributed by atoms with Crippen molar-refractivity contribution in [2.24, 2.45) is 0 Å². The molecule has 7 nitrogen and oxygen atoms in total. The van der Waals surface area contributed by atoms with Gasteiger partial charge in [-0.2, -0.15) is 4.80 Å². The van der Waals surface area contributed by atoms with Gasteiger partial charge in [-0.15, -0.1) is 20.4 Å². The predicted octanol–water partition coefficient (Wildman–Crippen LogP) is 3.75. The summed E-state index contributed by atoms with van der Waals surface area (Å²) in [6.07, 6.45) is 0. The third-order valence-corrected chi connectivity index (χ3v) is 3.98. The number of halogens is 2. The largest absolute Gasteiger partial charge is 0.419 e. The first-order valence-corrected chi connectivity index (χ1v) is 8.06. The van der Waals surface area contributed by atoms with Crippen LogP contribution in [0.1, 0.15) is 5.89 Å². The Labute approximate surface area is 152 Å². The molecule has 0 atom stereocenters. The SMILES string of the molecule is Clc1ccc(-c2nnn(Cc3nnc(-c4ccccc4Cl)o3)n2)cc1. The van der Waals surface area contributed by atoms with Gasteiger partial charge in [0, 0.05) is 10.6 Å². The summed E-state index contributed by atoms with van der Waals surface area (Å²) in [5.74, 6) is 1.19. The summed E-state index contributed by atoms with van der Waals surface area (Å²) in [4.78, 5) is 1.38. The zero-order valence-corrected chi connectivity index (χ0v) is 14.2. The summed E-state index contributed by atoms with van der Waals surface area (Å²) < 4.78 is 5.63. The number of rotatable bonds is 4. The highest BCUT2D eigenvalue weighted by molar-refractivity contribution is 6.33. The minimum Gasteiger partial charge on any atom is -0.419 e. The van der Waals surface area contributed by atoms with Crippen molar-refractivity contribution < 1.29 is 4.42 Å². The molecule has 124 valence electrons. The quantitative estimate of drug-likeness (QED) is 0.542. The number of nitrogens with zero attached hydrogens (tertiary/aromatic N) is 6. The van der Waals surface area contributed by atoms with Crippen molar-refractivity contribution in [2.75, 3.05) is 0 Å². The van der Waals surface area contributed by atoms with E-state index in [1.165, 1.54) is 4.80 Å². The van der Waals surface area contributed by atoms with Gasteiger partial charge < -0.3 is 4.42 Å². The molecule has 4 aromatic rings. The van der Waals surface area contributed by atoms with Gasteiger partial charge in [0.15, 0.2) is 0 Å². The summed E-state index contributed by atoms with van der Waals surface area (Å²) in [7, 11) is 0. The highest BCUT2D eigenvalue weighted by atomic mass is 35.5. The van der Waals surface area contributed by atoms with Crippen LogP contribution in [0.25, 0.3) is 22.8 Å². The lowest BCUT2D eigenvalue weighted by Crippen LogP contribution is -2.04. The minimum absolute atomic E-state index is 0.206. The van der Waals surface area contributed by atoms with Gasteiger partial charge in [-0.25, -0.2) is 0 Å². The normalized spacial score (nSPS) is 11.0. The Bertz CT molecular complexity index is 1010. The molecule has 0 amide bonds. The van der Waals surface area contributed by atoms with E-state index in [2.05, 4.69) is 25.6 Å². The molecule has 0 saturated carbocycles. The first kappa shape index (κ1) is 15.7. The molecule has 0 aliphatic rings. The van der Waals surface area contributed by atoms with Crippen LogP contribution in [-0.4, -0.2) is 30.4 Å². The summed E-state index contributed by atoms with van der Waals surface area (Å²) in [5, 5.41) is 21.5. The van der Waals surface area contributed by atoms with Gasteiger partial charge in [0.1, 0.15) is 6.54 Å². The summed E-state index contributed by atoms with van der Waals surface area (Å²) in [5.41, 5.74) is 1.49. The molecule has 2 heterocycles. The van der Waals surface area contributed by atoms with E-state index in [1.807, 2.05) is 30.3 Å². The van der Waals surface area contributed by atoms with Crippen LogP contribution in [0.3, 0.4) is 0 Å². The second kappa shape index (κ2) is 6.62. The summed E-state index contributed by atoms with van der Waals surface area (Å²) >= 11 is 12.0. The van der Waals surface area contributed by atoms with E-state index in [1.54, 1.807) is 18.2 Å². The Morgan fingerprint density at radius 2 is 1.72 bits per heavy atom. The Hall–Kier alpha value is -2.77. The molecular weight excluding hydrogens is 363 g/mol. The van der Waals surface area contributed by atoms with Gasteiger partial charge in [-0.3, -0.25) is 0 Å². The molecule has 0 bridgehead atoms. The van der Waals surface area contributed by atoms with Gasteiger partial charge in [-0.05, 0) is 41.6 Å². The molecule has 0 unspecified atom stereocenters. The predicted molar refractivity (Wildman–Crippen MR) is 92.1 cm³/mol. The standard InChI is InChI=1S/C16H10Cl2N6O/c17-11-7-5-10(6-8-11)15-20-23-24(22-15)9-14-19-21-16(25-14)12-3-1-2-4-13(12)18/h1-8H,9H2. The molecule has 0 aliphatic carbocycles. The maximum atomic E-state index is 6.13. The zero-order valence-electron chi connectivity index (χ0n) is 12.7. The first-order valence-electron chi connectivity index (χ1n) is 7.30. The van der Waals surface area contributed by atoms with E-state index in [-0.39, 0.29) is 6.54 Å². The van der Waals surface area contributed by atoms with Crippen LogP contribution in [0, 0.1) is 0 Å². The van der Waals surface area contributed by atoms with Crippen molar-refractivity contribution in [2.45, 2.75) is 6.54 Å². The number of aromatic nitrogens is 6. The molecule has 25 heavy (non-hydrogen) atoms. The van der Waals surface area contributed by atoms with Crippen LogP contribution in [0.4, 0.5) is 0 Å². The van der Waals surface area contributed by atoms with Crippen LogP contribution in [0.2, 0.25) is 10.0 Å². The Morgan fingerprint density at radius 3 is 2.52 bits per heavy atom. The van der Waals surface area contributed by atoms with Crippen molar-refractivity contribution in [1.82, 2.24) is 30.4 Å². The maximum absolute atomic E-state index is 6.13. The van der Waals surface area contributed by atoms with Crippen LogP contribution in [-0.2, 0) is 6.54 Å². The summed E-state index contributed by atoms with van der Waals surface area (Å²) in [6, 6.07) is 14.4. The van der Waals surface area contributed by atoms with Crippen LogP contribution < -0.4 is 0 Å². The number of hydrogen-bond acceptors (Lipinski definition) is 6. The van der Waals surface area contributed by atoms with Crippen molar-refractivity contribution in [3.63, 3.8) is 0 Å². The summed E-state index contributed by atoms with van der Waals surface area (Å²) in [6.45, 7) is 0.206. The topological polar surface area (TPSA) is 82.5 Å². The van der Waals surface area contributed by atoms with Gasteiger partial charge in [-0.1, -0.05) is 35.3 Å². The molecule has 2 aromatic carbocycles. The lowest BCUT2D eigenvalue weighted by atomic mass is 10.2. The van der Waals surface area contributed by atoms with Crippen LogP contribution >= 0.6 is 23.2 Å². The maximum Gasteiger partial charge on any atom is 0.249 e. The second-order valence-electron chi connectivity index (χ2n) is 5.13. The molecular formula is C16H10Cl2N6O. The van der Waals surface area contributed by atoms with E-state index in [9.17, 15) is 0 Å². The average molecular weight is 373 g/mol. The average Bonchev–Trinajstić information content (AvgIpc) is 3.26. The van der Waals surface area contributed by atoms with Crippen molar-refractivity contribution in [3.05, 3.63) is 64.5 Å². The van der Waals surface area contributed by atoms with E-state index < -0.39 is 0 Å². The monoisotopic (exact) mass is 372 g/mol. The Morgan fingerprint density at radius 1 is 0.920 bits per heavy atom. The van der Waals surface area contributed by atoms with Crippen molar-refractivity contribution in [3.8, 4) is 22.8 Å². The third-order valence-electron chi connectivity index (χ3n) is 3.40. The fourth-order valence-corrected chi connectivity index (χ4v) is 2.55. The Kier molecular flexibility index (Phi) is 4.17. The first-order chi connectivity index (χ1) is 12.2. The number of tetrazole rings is 1. The van der Waals surface area contributed by atoms with Gasteiger partial charge in [0.25, 0.3) is 0 Å². The molecule has 9 heteroatoms. The molecule has 4 rings (SSSR count). The van der Waals surface area contributed by atoms with E-state index in [4.69, 9.17) is 27.6 Å². The molecule has 0 saturated heterocycles. The highest BCUT2D eigenvalue weighted by Gasteiger charge is 2.13. The molecule has 0 spiro atoms. The van der Waals surface area contributed by atoms with Crippen LogP contribution in [0.15, 0.2) is 52.9 Å². The number of hydrogen-bond donors (Lipinski definition) is 0. The van der Waals surface area contributed by atoms with Crippen LogP contribution in [0.5, 0.6) is 0 Å². The lowest BCUT2D eigenvalue weighted by Gasteiger charge is -1.97. The minimum atomic E-state index is 0.206. The van der Waals surface area contributed by atoms with E-state index in [0.29, 0.717) is 33.2 Å². The third kappa shape index (κ3) is 3.38. The second-order valence-corrected chi connectivity index (χ2v) is 5.97. The Balaban J connectivity index is 1.54. The van der Waals surface area contributed by atoms with E-state index >= 15 is 0 Å². The van der Waals surface area contributed by atoms with E-state index in [0.717, 1.165) is 5.56 Å². The fraction of sp³-hybridized carbons (Fsp3) is 0.0625. The lowest BCUT2D eigenvalue weighted by molar-refractivity contribution is 0.446.